The maximum absolute atomic E-state index is 13.7. The number of aliphatic hydroxyl groups excluding tert-OH is 2. The zero-order valence-electron chi connectivity index (χ0n) is 23.1. The molecule has 3 aromatic rings. The van der Waals surface area contributed by atoms with Crippen LogP contribution in [0.1, 0.15) is 37.8 Å². The lowest BCUT2D eigenvalue weighted by Crippen LogP contribution is -2.55. The van der Waals surface area contributed by atoms with Gasteiger partial charge >= 0.3 is 0 Å². The van der Waals surface area contributed by atoms with E-state index in [1.165, 1.54) is 0 Å². The Morgan fingerprint density at radius 3 is 2.71 bits per heavy atom. The van der Waals surface area contributed by atoms with Gasteiger partial charge in [-0.3, -0.25) is 9.59 Å². The topological polar surface area (TPSA) is 115 Å². The second-order valence-corrected chi connectivity index (χ2v) is 11.4. The summed E-state index contributed by atoms with van der Waals surface area (Å²) in [4.78, 5) is 31.9. The van der Waals surface area contributed by atoms with Gasteiger partial charge in [0, 0.05) is 49.1 Å². The second-order valence-electron chi connectivity index (χ2n) is 10.2. The predicted molar refractivity (Wildman–Crippen MR) is 169 cm³/mol. The van der Waals surface area contributed by atoms with Crippen molar-refractivity contribution in [3.05, 3.63) is 88.2 Å². The van der Waals surface area contributed by atoms with E-state index in [0.29, 0.717) is 37.1 Å². The summed E-state index contributed by atoms with van der Waals surface area (Å²) in [6.45, 7) is 4.06. The minimum absolute atomic E-state index is 0.0701. The number of carbonyl (C=O) groups is 2. The second kappa shape index (κ2) is 15.2. The number of nitrogens with zero attached hydrogens (tertiary/aromatic N) is 1. The molecule has 41 heavy (non-hydrogen) atoms. The number of benzene rings is 2. The van der Waals surface area contributed by atoms with Gasteiger partial charge in [0.2, 0.25) is 11.8 Å². The first-order valence-corrected chi connectivity index (χ1v) is 15.1. The molecule has 0 aliphatic heterocycles. The highest BCUT2D eigenvalue weighted by Crippen LogP contribution is 2.30. The Morgan fingerprint density at radius 1 is 1.17 bits per heavy atom. The van der Waals surface area contributed by atoms with Crippen LogP contribution in [0.3, 0.4) is 0 Å². The summed E-state index contributed by atoms with van der Waals surface area (Å²) < 4.78 is 7.11. The highest BCUT2D eigenvalue weighted by atomic mass is 127. The highest BCUT2D eigenvalue weighted by molar-refractivity contribution is 14.1. The van der Waals surface area contributed by atoms with Gasteiger partial charge < -0.3 is 30.2 Å². The maximum atomic E-state index is 13.7. The summed E-state index contributed by atoms with van der Waals surface area (Å²) in [5.41, 5.74) is 2.43. The van der Waals surface area contributed by atoms with E-state index in [-0.39, 0.29) is 31.4 Å². The molecule has 4 rings (SSSR count). The Hall–Kier alpha value is -3.15. The van der Waals surface area contributed by atoms with Gasteiger partial charge in [-0.15, -0.1) is 6.58 Å². The molecule has 1 heterocycles. The predicted octanol–water partition coefficient (Wildman–Crippen LogP) is 4.51. The lowest BCUT2D eigenvalue weighted by atomic mass is 9.87. The van der Waals surface area contributed by atoms with Crippen LogP contribution < -0.4 is 10.1 Å². The molecule has 8 nitrogen and oxygen atoms in total. The molecule has 0 bridgehead atoms. The van der Waals surface area contributed by atoms with E-state index < -0.39 is 18.2 Å². The Morgan fingerprint density at radius 2 is 1.95 bits per heavy atom. The normalized spacial score (nSPS) is 18.5. The number of fused-ring (bicyclic) bond motifs is 1. The Bertz CT molecular complexity index is 1340. The largest absolute Gasteiger partial charge is 0.482 e. The number of allylic oxidation sites excluding steroid dienone is 1. The third-order valence-corrected chi connectivity index (χ3v) is 8.18. The number of aliphatic hydroxyl groups is 2. The van der Waals surface area contributed by atoms with E-state index in [0.717, 1.165) is 33.0 Å². The van der Waals surface area contributed by atoms with Gasteiger partial charge in [-0.25, -0.2) is 0 Å². The lowest BCUT2D eigenvalue weighted by molar-refractivity contribution is -0.138. The minimum atomic E-state index is -1.06. The molecule has 0 spiro atoms. The van der Waals surface area contributed by atoms with Crippen molar-refractivity contribution in [3.8, 4) is 5.75 Å². The maximum Gasteiger partial charge on any atom is 0.247 e. The van der Waals surface area contributed by atoms with Gasteiger partial charge in [0.25, 0.3) is 0 Å². The number of H-pyrrole nitrogens is 1. The molecule has 0 saturated heterocycles. The van der Waals surface area contributed by atoms with Gasteiger partial charge in [0.15, 0.2) is 0 Å². The van der Waals surface area contributed by atoms with Crippen LogP contribution in [0, 0.1) is 3.57 Å². The molecule has 3 atom stereocenters. The number of rotatable bonds is 14. The number of ether oxygens (including phenoxy) is 1. The number of aromatic nitrogens is 1. The summed E-state index contributed by atoms with van der Waals surface area (Å²) in [5.74, 6) is 0.171. The fourth-order valence-corrected chi connectivity index (χ4v) is 5.67. The fraction of sp³-hybridized carbons (Fsp3) is 0.375. The van der Waals surface area contributed by atoms with Crippen LogP contribution in [0.15, 0.2) is 78.9 Å². The molecule has 2 amide bonds. The minimum Gasteiger partial charge on any atom is -0.482 e. The molecule has 1 aromatic heterocycles. The Labute approximate surface area is 254 Å². The van der Waals surface area contributed by atoms with E-state index in [1.54, 1.807) is 11.0 Å². The smallest absolute Gasteiger partial charge is 0.247 e. The molecule has 4 N–H and O–H groups in total. The zero-order valence-corrected chi connectivity index (χ0v) is 25.3. The van der Waals surface area contributed by atoms with Gasteiger partial charge in [-0.2, -0.15) is 0 Å². The number of nitrogens with one attached hydrogen (secondary N) is 2. The van der Waals surface area contributed by atoms with Crippen LogP contribution in [0.25, 0.3) is 10.9 Å². The van der Waals surface area contributed by atoms with Crippen molar-refractivity contribution in [3.63, 3.8) is 0 Å². The first kappa shape index (κ1) is 30.8. The summed E-state index contributed by atoms with van der Waals surface area (Å²) in [6, 6.07) is 16.9. The fourth-order valence-electron chi connectivity index (χ4n) is 5.16. The van der Waals surface area contributed by atoms with Crippen LogP contribution in [-0.4, -0.2) is 69.9 Å². The Balaban J connectivity index is 1.61. The van der Waals surface area contributed by atoms with Crippen molar-refractivity contribution >= 4 is 45.3 Å². The third-order valence-electron chi connectivity index (χ3n) is 7.29. The molecule has 0 unspecified atom stereocenters. The molecule has 0 radical (unpaired) electrons. The average molecular weight is 672 g/mol. The SMILES string of the molecule is C=CCCCCC(=O)N(CCc1cc2ccccc2[nH]1)[C@@H]1CC(C(=O)NCCO)=C[C@H](Oc2ccccc2I)[C@H]1O. The van der Waals surface area contributed by atoms with Crippen molar-refractivity contribution in [2.45, 2.75) is 56.8 Å². The Kier molecular flexibility index (Phi) is 11.4. The van der Waals surface area contributed by atoms with Gasteiger partial charge in [-0.05, 0) is 77.6 Å². The van der Waals surface area contributed by atoms with Crippen molar-refractivity contribution in [2.24, 2.45) is 0 Å². The van der Waals surface area contributed by atoms with Crippen molar-refractivity contribution in [1.82, 2.24) is 15.2 Å². The van der Waals surface area contributed by atoms with Crippen molar-refractivity contribution in [1.29, 1.82) is 0 Å². The number of para-hydroxylation sites is 2. The van der Waals surface area contributed by atoms with Gasteiger partial charge in [0.1, 0.15) is 18.0 Å². The van der Waals surface area contributed by atoms with E-state index >= 15 is 0 Å². The van der Waals surface area contributed by atoms with Crippen LogP contribution >= 0.6 is 22.6 Å². The number of amides is 2. The number of halogens is 1. The van der Waals surface area contributed by atoms with E-state index in [4.69, 9.17) is 4.74 Å². The quantitative estimate of drug-likeness (QED) is 0.115. The van der Waals surface area contributed by atoms with E-state index in [9.17, 15) is 19.8 Å². The van der Waals surface area contributed by atoms with E-state index in [2.05, 4.69) is 45.5 Å². The molecule has 2 aromatic carbocycles. The van der Waals surface area contributed by atoms with Gasteiger partial charge in [0.05, 0.1) is 16.2 Å². The van der Waals surface area contributed by atoms with Crippen molar-refractivity contribution in [2.75, 3.05) is 19.7 Å². The molecular weight excluding hydrogens is 633 g/mol. The standard InChI is InChI=1S/C32H38IN3O5/c1-2-3-4-5-14-30(38)36(17-15-24-19-22-10-6-8-12-26(22)35-24)27-20-23(32(40)34-16-18-37)21-29(31(27)39)41-28-13-9-7-11-25(28)33/h2,6-13,19,21,27,29,31,35,37,39H,1,3-5,14-18,20H2,(H,34,40)/t27-,29+,31+/m1/s1. The number of hydrogen-bond donors (Lipinski definition) is 4. The number of carbonyl (C=O) groups excluding carboxylic acids is 2. The first-order chi connectivity index (χ1) is 19.9. The summed E-state index contributed by atoms with van der Waals surface area (Å²) in [5, 5.41) is 24.7. The molecule has 218 valence electrons. The summed E-state index contributed by atoms with van der Waals surface area (Å²) in [7, 11) is 0. The third kappa shape index (κ3) is 8.21. The van der Waals surface area contributed by atoms with Crippen LogP contribution in [0.5, 0.6) is 5.75 Å². The van der Waals surface area contributed by atoms with Crippen LogP contribution in [0.4, 0.5) is 0 Å². The molecule has 1 aliphatic carbocycles. The molecule has 0 fully saturated rings. The molecule has 1 aliphatic rings. The lowest BCUT2D eigenvalue weighted by Gasteiger charge is -2.40. The number of aromatic amines is 1. The monoisotopic (exact) mass is 671 g/mol. The number of hydrogen-bond acceptors (Lipinski definition) is 5. The summed E-state index contributed by atoms with van der Waals surface area (Å²) in [6.07, 6.45) is 5.05. The summed E-state index contributed by atoms with van der Waals surface area (Å²) >= 11 is 2.17. The molecular formula is C32H38IN3O5. The highest BCUT2D eigenvalue weighted by Gasteiger charge is 2.40. The van der Waals surface area contributed by atoms with E-state index in [1.807, 2.05) is 54.6 Å². The van der Waals surface area contributed by atoms with Gasteiger partial charge in [-0.1, -0.05) is 36.4 Å². The first-order valence-electron chi connectivity index (χ1n) is 14.1. The number of unbranched alkanes of at least 4 members (excludes halogenated alkanes) is 2. The molecule has 0 saturated carbocycles. The van der Waals surface area contributed by atoms with Crippen LogP contribution in [0.2, 0.25) is 0 Å². The molecule has 9 heteroatoms. The average Bonchev–Trinajstić information content (AvgIpc) is 3.40. The zero-order chi connectivity index (χ0) is 29.2. The van der Waals surface area contributed by atoms with Crippen molar-refractivity contribution < 1.29 is 24.5 Å². The van der Waals surface area contributed by atoms with Crippen LogP contribution in [-0.2, 0) is 16.0 Å².